The van der Waals surface area contributed by atoms with E-state index in [4.69, 9.17) is 4.74 Å². The number of nitrogens with one attached hydrogen (secondary N) is 1. The van der Waals surface area contributed by atoms with Crippen LogP contribution in [-0.4, -0.2) is 51.5 Å². The first-order valence-corrected chi connectivity index (χ1v) is 17.2. The van der Waals surface area contributed by atoms with Gasteiger partial charge in [0.05, 0.1) is 11.5 Å². The van der Waals surface area contributed by atoms with Crippen LogP contribution >= 0.6 is 34.9 Å². The Kier molecular flexibility index (Phi) is 12.1. The quantitative estimate of drug-likeness (QED) is 0.141. The number of rotatable bonds is 15. The third-order valence-corrected chi connectivity index (χ3v) is 9.49. The largest absolute Gasteiger partial charge is 0.480 e. The smallest absolute Gasteiger partial charge is 0.326 e. The number of aliphatic carboxylic acids is 1. The van der Waals surface area contributed by atoms with E-state index in [1.54, 1.807) is 29.2 Å². The molecule has 2 N–H and O–H groups in total. The molecule has 1 amide bonds. The zero-order valence-electron chi connectivity index (χ0n) is 24.0. The van der Waals surface area contributed by atoms with E-state index in [2.05, 4.69) is 29.4 Å². The molecule has 0 bridgehead atoms. The molecular formula is C33H36N2O4S3. The van der Waals surface area contributed by atoms with E-state index in [0.717, 1.165) is 49.2 Å². The van der Waals surface area contributed by atoms with E-state index >= 15 is 0 Å². The first kappa shape index (κ1) is 31.8. The van der Waals surface area contributed by atoms with Crippen molar-refractivity contribution in [2.24, 2.45) is 0 Å². The summed E-state index contributed by atoms with van der Waals surface area (Å²) in [5.41, 5.74) is 5.17. The number of nitrogens with zero attached hydrogens (tertiary/aromatic N) is 1. The van der Waals surface area contributed by atoms with Crippen LogP contribution in [0.1, 0.15) is 45.8 Å². The molecule has 1 heterocycles. The predicted octanol–water partition coefficient (Wildman–Crippen LogP) is 7.73. The number of carboxylic acids is 1. The molecule has 4 rings (SSSR count). The summed E-state index contributed by atoms with van der Waals surface area (Å²) in [6.45, 7) is 4.50. The molecule has 220 valence electrons. The zero-order chi connectivity index (χ0) is 29.9. The summed E-state index contributed by atoms with van der Waals surface area (Å²) in [5, 5.41) is 13.4. The summed E-state index contributed by atoms with van der Waals surface area (Å²) in [4.78, 5) is 31.0. The number of carboxylic acid groups (broad SMARTS) is 1. The SMILES string of the molecule is CCSC[C@@H](OCc1ccc(C(=O)N[C@@H](CCSC)C(=O)O)c(-c2ccccc2C)c1)c1cnc(-c2ccccc2)s1. The molecule has 0 aliphatic rings. The van der Waals surface area contributed by atoms with Crippen molar-refractivity contribution in [1.29, 1.82) is 0 Å². The second-order valence-electron chi connectivity index (χ2n) is 9.73. The van der Waals surface area contributed by atoms with Gasteiger partial charge in [-0.15, -0.1) is 11.3 Å². The molecule has 9 heteroatoms. The van der Waals surface area contributed by atoms with E-state index in [-0.39, 0.29) is 6.10 Å². The van der Waals surface area contributed by atoms with E-state index in [0.29, 0.717) is 24.3 Å². The van der Waals surface area contributed by atoms with E-state index in [1.165, 1.54) is 0 Å². The summed E-state index contributed by atoms with van der Waals surface area (Å²) in [6.07, 6.45) is 4.06. The van der Waals surface area contributed by atoms with Gasteiger partial charge in [-0.1, -0.05) is 67.6 Å². The van der Waals surface area contributed by atoms with Crippen molar-refractivity contribution in [2.45, 2.75) is 39.0 Å². The number of aryl methyl sites for hydroxylation is 1. The van der Waals surface area contributed by atoms with E-state index in [1.807, 2.05) is 85.7 Å². The lowest BCUT2D eigenvalue weighted by atomic mass is 9.93. The Hall–Kier alpha value is -3.11. The number of thiazole rings is 1. The lowest BCUT2D eigenvalue weighted by Gasteiger charge is -2.19. The molecule has 0 aliphatic heterocycles. The fourth-order valence-electron chi connectivity index (χ4n) is 4.49. The number of benzene rings is 3. The Labute approximate surface area is 260 Å². The van der Waals surface area contributed by atoms with Gasteiger partial charge in [-0.25, -0.2) is 9.78 Å². The minimum atomic E-state index is -1.03. The van der Waals surface area contributed by atoms with Gasteiger partial charge >= 0.3 is 5.97 Å². The van der Waals surface area contributed by atoms with Crippen molar-refractivity contribution in [3.05, 3.63) is 101 Å². The van der Waals surface area contributed by atoms with Crippen LogP contribution < -0.4 is 5.32 Å². The maximum Gasteiger partial charge on any atom is 0.326 e. The molecule has 6 nitrogen and oxygen atoms in total. The molecule has 0 fully saturated rings. The van der Waals surface area contributed by atoms with Crippen LogP contribution in [0.2, 0.25) is 0 Å². The molecule has 1 aromatic heterocycles. The normalized spacial score (nSPS) is 12.5. The summed E-state index contributed by atoms with van der Waals surface area (Å²) in [6, 6.07) is 22.7. The Morgan fingerprint density at radius 1 is 1.05 bits per heavy atom. The van der Waals surface area contributed by atoms with Gasteiger partial charge in [0.1, 0.15) is 17.2 Å². The predicted molar refractivity (Wildman–Crippen MR) is 177 cm³/mol. The number of amides is 1. The topological polar surface area (TPSA) is 88.5 Å². The van der Waals surface area contributed by atoms with Crippen LogP contribution in [0.3, 0.4) is 0 Å². The monoisotopic (exact) mass is 620 g/mol. The molecule has 0 spiro atoms. The van der Waals surface area contributed by atoms with Gasteiger partial charge in [-0.05, 0) is 65.5 Å². The molecule has 0 unspecified atom stereocenters. The van der Waals surface area contributed by atoms with Crippen LogP contribution in [0.4, 0.5) is 0 Å². The second kappa shape index (κ2) is 15.9. The Morgan fingerprint density at radius 2 is 1.81 bits per heavy atom. The highest BCUT2D eigenvalue weighted by Crippen LogP contribution is 2.34. The fraction of sp³-hybridized carbons (Fsp3) is 0.303. The number of hydrogen-bond acceptors (Lipinski definition) is 7. The molecule has 0 radical (unpaired) electrons. The van der Waals surface area contributed by atoms with Crippen molar-refractivity contribution >= 4 is 46.7 Å². The van der Waals surface area contributed by atoms with Gasteiger partial charge in [0.2, 0.25) is 0 Å². The highest BCUT2D eigenvalue weighted by atomic mass is 32.2. The van der Waals surface area contributed by atoms with Crippen molar-refractivity contribution in [1.82, 2.24) is 10.3 Å². The van der Waals surface area contributed by atoms with Gasteiger partial charge in [0.25, 0.3) is 5.91 Å². The third kappa shape index (κ3) is 8.47. The van der Waals surface area contributed by atoms with Crippen LogP contribution in [0, 0.1) is 6.92 Å². The van der Waals surface area contributed by atoms with Gasteiger partial charge in [0.15, 0.2) is 0 Å². The van der Waals surface area contributed by atoms with Crippen molar-refractivity contribution in [2.75, 3.05) is 23.5 Å². The van der Waals surface area contributed by atoms with Crippen molar-refractivity contribution in [3.8, 4) is 21.7 Å². The minimum absolute atomic E-state index is 0.123. The molecule has 4 aromatic rings. The Morgan fingerprint density at radius 3 is 2.52 bits per heavy atom. The molecule has 0 saturated carbocycles. The maximum absolute atomic E-state index is 13.4. The first-order chi connectivity index (χ1) is 20.4. The highest BCUT2D eigenvalue weighted by Gasteiger charge is 2.23. The minimum Gasteiger partial charge on any atom is -0.480 e. The number of hydrogen-bond donors (Lipinski definition) is 2. The molecule has 2 atom stereocenters. The standard InChI is InChI=1S/C33H36N2O4S3/c1-4-41-21-29(30-19-34-32(42-30)24-11-6-5-7-12-24)39-20-23-14-15-26(27(18-23)25-13-9-8-10-22(25)2)31(36)35-28(33(37)38)16-17-40-3/h5-15,18-19,28-29H,4,16-17,20-21H2,1-3H3,(H,35,36)(H,37,38)/t28-,29+/m0/s1. The molecular weight excluding hydrogens is 585 g/mol. The molecule has 0 aliphatic carbocycles. The highest BCUT2D eigenvalue weighted by molar-refractivity contribution is 7.99. The number of aromatic nitrogens is 1. The summed E-state index contributed by atoms with van der Waals surface area (Å²) < 4.78 is 6.50. The van der Waals surface area contributed by atoms with Gasteiger partial charge in [0, 0.05) is 23.1 Å². The van der Waals surface area contributed by atoms with Gasteiger partial charge in [-0.3, -0.25) is 4.79 Å². The molecule has 0 saturated heterocycles. The number of ether oxygens (including phenoxy) is 1. The summed E-state index contributed by atoms with van der Waals surface area (Å²) in [5.74, 6) is 1.01. The Balaban J connectivity index is 1.59. The first-order valence-electron chi connectivity index (χ1n) is 13.8. The van der Waals surface area contributed by atoms with Gasteiger partial charge < -0.3 is 15.2 Å². The zero-order valence-corrected chi connectivity index (χ0v) is 26.5. The summed E-state index contributed by atoms with van der Waals surface area (Å²) in [7, 11) is 0. The van der Waals surface area contributed by atoms with Crippen LogP contribution in [-0.2, 0) is 16.1 Å². The molecule has 3 aromatic carbocycles. The number of carbonyl (C=O) groups is 2. The van der Waals surface area contributed by atoms with Crippen LogP contribution in [0.15, 0.2) is 79.0 Å². The van der Waals surface area contributed by atoms with Crippen molar-refractivity contribution < 1.29 is 19.4 Å². The second-order valence-corrected chi connectivity index (χ2v) is 13.1. The van der Waals surface area contributed by atoms with E-state index in [9.17, 15) is 14.7 Å². The lowest BCUT2D eigenvalue weighted by Crippen LogP contribution is -2.41. The molecule has 42 heavy (non-hydrogen) atoms. The van der Waals surface area contributed by atoms with E-state index < -0.39 is 17.9 Å². The number of thioether (sulfide) groups is 2. The average Bonchev–Trinajstić information content (AvgIpc) is 3.50. The summed E-state index contributed by atoms with van der Waals surface area (Å²) >= 11 is 5.03. The Bertz CT molecular complexity index is 1480. The van der Waals surface area contributed by atoms with Crippen LogP contribution in [0.25, 0.3) is 21.7 Å². The average molecular weight is 621 g/mol. The van der Waals surface area contributed by atoms with Crippen molar-refractivity contribution in [3.63, 3.8) is 0 Å². The fourth-order valence-corrected chi connectivity index (χ4v) is 6.76. The van der Waals surface area contributed by atoms with Crippen LogP contribution in [0.5, 0.6) is 0 Å². The maximum atomic E-state index is 13.4. The number of carbonyl (C=O) groups excluding carboxylic acids is 1. The lowest BCUT2D eigenvalue weighted by molar-refractivity contribution is -0.139. The van der Waals surface area contributed by atoms with Gasteiger partial charge in [-0.2, -0.15) is 23.5 Å². The third-order valence-electron chi connectivity index (χ3n) is 6.76.